The number of β-amino-alcohol motifs (C(OH)–C–C–N with tert-alkyl or cyclic N) is 1. The van der Waals surface area contributed by atoms with Crippen molar-refractivity contribution >= 4 is 17.7 Å². The van der Waals surface area contributed by atoms with Crippen molar-refractivity contribution in [2.75, 3.05) is 106 Å². The second-order valence-corrected chi connectivity index (χ2v) is 28.2. The Hall–Kier alpha value is -2.06. The van der Waals surface area contributed by atoms with Gasteiger partial charge in [0.05, 0.1) is 56.4 Å². The third kappa shape index (κ3) is 43.3. The van der Waals surface area contributed by atoms with Gasteiger partial charge in [0.1, 0.15) is 12.8 Å². The van der Waals surface area contributed by atoms with E-state index in [0.717, 1.165) is 82.8 Å². The Kier molecular flexibility index (Phi) is 44.4. The van der Waals surface area contributed by atoms with Crippen LogP contribution >= 0.6 is 0 Å². The van der Waals surface area contributed by atoms with Gasteiger partial charge in [-0.1, -0.05) is 103 Å². The summed E-state index contributed by atoms with van der Waals surface area (Å²) in [5, 5.41) is 24.5. The topological polar surface area (TPSA) is 175 Å². The Bertz CT molecular complexity index is 1610. The normalized spacial score (nSPS) is 20.2. The Balaban J connectivity index is 0. The van der Waals surface area contributed by atoms with Crippen LogP contribution in [0.15, 0.2) is 0 Å². The first-order valence-corrected chi connectivity index (χ1v) is 32.4. The Morgan fingerprint density at radius 2 is 1.18 bits per heavy atom. The predicted octanol–water partition coefficient (Wildman–Crippen LogP) is 10.9. The first-order valence-electron chi connectivity index (χ1n) is 32.4. The van der Waals surface area contributed by atoms with Crippen LogP contribution in [0.1, 0.15) is 210 Å². The number of nitrogens with zero attached hydrogens (tertiary/aromatic N) is 4. The number of aliphatic hydroxyl groups is 2. The molecule has 3 unspecified atom stereocenters. The van der Waals surface area contributed by atoms with Crippen LogP contribution in [0.4, 0.5) is 4.39 Å². The van der Waals surface area contributed by atoms with Gasteiger partial charge < -0.3 is 59.2 Å². The van der Waals surface area contributed by atoms with Crippen molar-refractivity contribution in [2.45, 2.75) is 264 Å². The molecule has 4 saturated heterocycles. The van der Waals surface area contributed by atoms with Gasteiger partial charge in [-0.05, 0) is 137 Å². The predicted molar refractivity (Wildman–Crippen MR) is 341 cm³/mol. The molecule has 4 heterocycles. The van der Waals surface area contributed by atoms with Crippen LogP contribution in [0.5, 0.6) is 0 Å². The second kappa shape index (κ2) is 44.4. The third-order valence-electron chi connectivity index (χ3n) is 14.5. The summed E-state index contributed by atoms with van der Waals surface area (Å²) in [5.74, 6) is 2.93. The number of hydrogen-bond donors (Lipinski definition) is 4. The van der Waals surface area contributed by atoms with Crippen LogP contribution in [0.3, 0.4) is 0 Å². The molecule has 6 rings (SSSR count). The molecular formula is C66H135FN6O10. The number of likely N-dealkylation sites (N-methyl/N-ethyl adjacent to an activating group) is 1. The van der Waals surface area contributed by atoms with E-state index < -0.39 is 5.79 Å². The molecule has 0 aromatic rings. The minimum atomic E-state index is -0.426. The number of hydrogen-bond acceptors (Lipinski definition) is 13. The fourth-order valence-electron chi connectivity index (χ4n) is 9.70. The fraction of sp³-hybridized carbons (Fsp3) is 0.955. The minimum absolute atomic E-state index is 0.0318. The van der Waals surface area contributed by atoms with E-state index in [0.29, 0.717) is 37.0 Å². The molecule has 0 aromatic carbocycles. The maximum Gasteiger partial charge on any atom is 0.225 e. The van der Waals surface area contributed by atoms with Gasteiger partial charge in [-0.15, -0.1) is 0 Å². The molecule has 6 fully saturated rings. The summed E-state index contributed by atoms with van der Waals surface area (Å²) in [6.07, 6.45) is 13.1. The zero-order valence-corrected chi connectivity index (χ0v) is 58.1. The van der Waals surface area contributed by atoms with Gasteiger partial charge in [-0.2, -0.15) is 0 Å². The van der Waals surface area contributed by atoms with Gasteiger partial charge in [0.2, 0.25) is 17.7 Å². The maximum absolute atomic E-state index is 11.5. The van der Waals surface area contributed by atoms with Gasteiger partial charge in [-0.25, -0.2) is 4.39 Å². The number of carbonyl (C=O) groups excluding carboxylic acids is 3. The number of amides is 3. The van der Waals surface area contributed by atoms with Crippen LogP contribution in [0.2, 0.25) is 0 Å². The zero-order chi connectivity index (χ0) is 64.3. The molecule has 83 heavy (non-hydrogen) atoms. The average Bonchev–Trinajstić information content (AvgIpc) is 4.06. The van der Waals surface area contributed by atoms with Crippen molar-refractivity contribution in [3.8, 4) is 0 Å². The number of nitrogens with one attached hydrogen (secondary N) is 2. The molecule has 3 amide bonds. The number of piperazine rings is 1. The molecular weight excluding hydrogens is 1060 g/mol. The smallest absolute Gasteiger partial charge is 0.225 e. The highest BCUT2D eigenvalue weighted by Gasteiger charge is 2.35. The van der Waals surface area contributed by atoms with Crippen molar-refractivity contribution in [1.29, 1.82) is 0 Å². The SMILES string of the molecule is CC(C)(C)OC1CN(CCO)C1.CC(C)C(=O)N1CCCCC1.CC(C)C(=O)N1CCN(C)CC1.CC(C)C(NC1CCCC1)C1CC1.CC(C)C(O)C(C)(C)C.CC(C)OCC1COC(C)(C)O1.CC(C)OCCF.CNC(=O)C(C)C. The number of piperidine rings is 1. The largest absolute Gasteiger partial charge is 0.395 e. The van der Waals surface area contributed by atoms with Gasteiger partial charge in [0, 0.05) is 95.8 Å². The summed E-state index contributed by atoms with van der Waals surface area (Å²) in [4.78, 5) is 41.7. The van der Waals surface area contributed by atoms with Crippen LogP contribution in [0.25, 0.3) is 0 Å². The lowest BCUT2D eigenvalue weighted by Gasteiger charge is -2.41. The van der Waals surface area contributed by atoms with E-state index >= 15 is 0 Å². The quantitative estimate of drug-likeness (QED) is 0.108. The van der Waals surface area contributed by atoms with Crippen molar-refractivity contribution in [3.05, 3.63) is 0 Å². The molecule has 0 spiro atoms. The van der Waals surface area contributed by atoms with Crippen LogP contribution in [0, 0.1) is 40.9 Å². The van der Waals surface area contributed by atoms with E-state index in [4.69, 9.17) is 28.8 Å². The van der Waals surface area contributed by atoms with Crippen molar-refractivity contribution < 1.29 is 52.7 Å². The molecule has 4 aliphatic heterocycles. The maximum atomic E-state index is 11.5. The molecule has 4 N–H and O–H groups in total. The second-order valence-electron chi connectivity index (χ2n) is 28.2. The molecule has 0 radical (unpaired) electrons. The monoisotopic (exact) mass is 1190 g/mol. The van der Waals surface area contributed by atoms with E-state index in [1.807, 2.05) is 107 Å². The molecule has 496 valence electrons. The third-order valence-corrected chi connectivity index (χ3v) is 14.5. The number of ether oxygens (including phenoxy) is 5. The van der Waals surface area contributed by atoms with Crippen LogP contribution in [-0.2, 0) is 38.1 Å². The first-order chi connectivity index (χ1) is 38.4. The Labute approximate surface area is 509 Å². The average molecular weight is 1190 g/mol. The summed E-state index contributed by atoms with van der Waals surface area (Å²) >= 11 is 0. The van der Waals surface area contributed by atoms with Crippen LogP contribution < -0.4 is 10.6 Å². The molecule has 3 atom stereocenters. The number of halogens is 1. The molecule has 17 heteroatoms. The number of aliphatic hydroxyl groups excluding tert-OH is 2. The summed E-state index contributed by atoms with van der Waals surface area (Å²) < 4.78 is 38.1. The minimum Gasteiger partial charge on any atom is -0.395 e. The Morgan fingerprint density at radius 1 is 0.687 bits per heavy atom. The van der Waals surface area contributed by atoms with Gasteiger partial charge >= 0.3 is 0 Å². The van der Waals surface area contributed by atoms with Crippen molar-refractivity contribution in [2.24, 2.45) is 40.9 Å². The summed E-state index contributed by atoms with van der Waals surface area (Å²) in [7, 11) is 3.74. The summed E-state index contributed by atoms with van der Waals surface area (Å²) in [6.45, 7) is 54.3. The number of rotatable bonds is 17. The number of carbonyl (C=O) groups is 3. The van der Waals surface area contributed by atoms with Gasteiger partial charge in [-0.3, -0.25) is 19.3 Å². The fourth-order valence-corrected chi connectivity index (χ4v) is 9.70. The van der Waals surface area contributed by atoms with E-state index in [1.165, 1.54) is 57.8 Å². The van der Waals surface area contributed by atoms with E-state index in [9.17, 15) is 23.9 Å². The molecule has 0 bridgehead atoms. The van der Waals surface area contributed by atoms with E-state index in [1.54, 1.807) is 7.05 Å². The Morgan fingerprint density at radius 3 is 1.49 bits per heavy atom. The van der Waals surface area contributed by atoms with Gasteiger partial charge in [0.25, 0.3) is 0 Å². The summed E-state index contributed by atoms with van der Waals surface area (Å²) in [6, 6.07) is 1.68. The molecule has 2 saturated carbocycles. The molecule has 6 aliphatic rings. The highest BCUT2D eigenvalue weighted by molar-refractivity contribution is 5.78. The van der Waals surface area contributed by atoms with Crippen molar-refractivity contribution in [3.63, 3.8) is 0 Å². The molecule has 0 aromatic heterocycles. The van der Waals surface area contributed by atoms with E-state index in [2.05, 4.69) is 82.9 Å². The lowest BCUT2D eigenvalue weighted by Crippen LogP contribution is -2.54. The van der Waals surface area contributed by atoms with Crippen molar-refractivity contribution in [1.82, 2.24) is 30.2 Å². The zero-order valence-electron chi connectivity index (χ0n) is 58.1. The highest BCUT2D eigenvalue weighted by Crippen LogP contribution is 2.37. The van der Waals surface area contributed by atoms with E-state index in [-0.39, 0.29) is 79.0 Å². The molecule has 16 nitrogen and oxygen atoms in total. The lowest BCUT2D eigenvalue weighted by molar-refractivity contribution is -0.146. The lowest BCUT2D eigenvalue weighted by atomic mass is 9.83. The highest BCUT2D eigenvalue weighted by atomic mass is 19.1. The van der Waals surface area contributed by atoms with Gasteiger partial charge in [0.15, 0.2) is 5.79 Å². The first kappa shape index (κ1) is 83.0. The number of likely N-dealkylation sites (tertiary alicyclic amines) is 2. The van der Waals surface area contributed by atoms with Crippen LogP contribution in [-0.4, -0.2) is 208 Å². The molecule has 2 aliphatic carbocycles. The number of alkyl halides is 1. The standard InChI is InChI=1S/C12H23N.C9H18N2O.C9H19NO2.C9H17NO.C9H18O3.C8H18O.C5H11FO.C5H11NO/c1-9(2)12(10-7-8-10)13-11-5-3-4-6-11;1-8(2)9(12)11-6-4-10(3)5-7-11;1-9(2,3)12-8-6-10(7-8)4-5-11;1-8(2)9(11)10-6-4-3-5-7-10;1-7(2)10-5-8-6-11-9(3,4)12-8;1-6(2)7(9)8(3,4)5;1-5(2)7-4-3-6;1-4(2)5(7)6-3/h9-13H,3-8H2,1-2H3;8H,4-7H2,1-3H3;8,11H,4-7H2,1-3H3;8H,3-7H2,1-2H3;7-8H,5-6H2,1-4H3;6-7,9H,1-5H3;5H,3-4H2,1-2H3;4H,1-3H3,(H,6,7). The summed E-state index contributed by atoms with van der Waals surface area (Å²) in [5.41, 5.74) is 0.00411.